The minimum atomic E-state index is -0.871. The lowest BCUT2D eigenvalue weighted by Gasteiger charge is -2.20. The van der Waals surface area contributed by atoms with E-state index in [2.05, 4.69) is 10.3 Å². The van der Waals surface area contributed by atoms with Crippen LogP contribution < -0.4 is 15.8 Å². The van der Waals surface area contributed by atoms with Crippen LogP contribution >= 0.6 is 11.8 Å². The van der Waals surface area contributed by atoms with Crippen molar-refractivity contribution in [2.45, 2.75) is 24.3 Å². The second kappa shape index (κ2) is 9.49. The molecule has 30 heavy (non-hydrogen) atoms. The number of carbonyl (C=O) groups is 2. The summed E-state index contributed by atoms with van der Waals surface area (Å²) in [5.41, 5.74) is 7.79. The molecule has 3 rings (SSSR count). The number of nitrogens with one attached hydrogen (secondary N) is 1. The molecule has 1 aromatic heterocycles. The van der Waals surface area contributed by atoms with E-state index in [1.807, 2.05) is 73.0 Å². The van der Waals surface area contributed by atoms with E-state index in [0.717, 1.165) is 16.9 Å². The van der Waals surface area contributed by atoms with Crippen molar-refractivity contribution >= 4 is 23.7 Å². The van der Waals surface area contributed by atoms with E-state index in [-0.39, 0.29) is 5.92 Å². The van der Waals surface area contributed by atoms with Crippen molar-refractivity contribution in [3.63, 3.8) is 0 Å². The van der Waals surface area contributed by atoms with Crippen LogP contribution in [0.3, 0.4) is 0 Å². The van der Waals surface area contributed by atoms with E-state index >= 15 is 0 Å². The zero-order valence-electron chi connectivity index (χ0n) is 17.0. The highest BCUT2D eigenvalue weighted by atomic mass is 32.2. The molecule has 0 saturated heterocycles. The molecule has 0 spiro atoms. The number of para-hydroxylation sites is 2. The second-order valence-electron chi connectivity index (χ2n) is 6.94. The molecule has 1 heterocycles. The maximum Gasteiger partial charge on any atom is 0.318 e. The zero-order valence-corrected chi connectivity index (χ0v) is 17.8. The molecule has 0 radical (unpaired) electrons. The lowest BCUT2D eigenvalue weighted by atomic mass is 10.1. The van der Waals surface area contributed by atoms with Gasteiger partial charge in [0.2, 0.25) is 5.91 Å². The molecule has 2 aromatic carbocycles. The summed E-state index contributed by atoms with van der Waals surface area (Å²) in [6.07, 6.45) is 1.77. The summed E-state index contributed by atoms with van der Waals surface area (Å²) in [4.78, 5) is 28.3. The predicted octanol–water partition coefficient (Wildman–Crippen LogP) is 3.86. The molecule has 0 fully saturated rings. The molecular formula is C22H24N4O3S. The zero-order chi connectivity index (χ0) is 21.7. The third kappa shape index (κ3) is 4.65. The van der Waals surface area contributed by atoms with Gasteiger partial charge in [-0.2, -0.15) is 0 Å². The third-order valence-electron chi connectivity index (χ3n) is 4.47. The minimum absolute atomic E-state index is 0.0580. The molecule has 0 bridgehead atoms. The topological polar surface area (TPSA) is 99.2 Å². The minimum Gasteiger partial charge on any atom is -0.495 e. The van der Waals surface area contributed by atoms with Crippen molar-refractivity contribution in [3.8, 4) is 22.7 Å². The van der Waals surface area contributed by atoms with E-state index < -0.39 is 17.2 Å². The molecule has 0 aliphatic carbocycles. The number of amides is 3. The fourth-order valence-corrected chi connectivity index (χ4v) is 4.16. The summed E-state index contributed by atoms with van der Waals surface area (Å²) in [6.45, 7) is 3.82. The number of carbonyl (C=O) groups excluding carboxylic acids is 2. The van der Waals surface area contributed by atoms with Crippen LogP contribution in [0.5, 0.6) is 5.75 Å². The number of nitrogens with two attached hydrogens (primary N) is 1. The quantitative estimate of drug-likeness (QED) is 0.561. The number of thioether (sulfide) groups is 1. The lowest BCUT2D eigenvalue weighted by molar-refractivity contribution is -0.120. The molecule has 0 unspecified atom stereocenters. The Labute approximate surface area is 179 Å². The number of hydrogen-bond acceptors (Lipinski definition) is 5. The monoisotopic (exact) mass is 424 g/mol. The molecule has 1 atom stereocenters. The Kier molecular flexibility index (Phi) is 6.79. The van der Waals surface area contributed by atoms with Gasteiger partial charge in [0.05, 0.1) is 29.9 Å². The third-order valence-corrected chi connectivity index (χ3v) is 5.98. The number of urea groups is 1. The number of imidazole rings is 1. The van der Waals surface area contributed by atoms with Gasteiger partial charge in [0.25, 0.3) is 0 Å². The van der Waals surface area contributed by atoms with Gasteiger partial charge in [0.1, 0.15) is 5.75 Å². The maximum atomic E-state index is 12.6. The molecule has 0 saturated carbocycles. The van der Waals surface area contributed by atoms with Crippen molar-refractivity contribution in [1.82, 2.24) is 14.9 Å². The number of ether oxygens (including phenoxy) is 1. The summed E-state index contributed by atoms with van der Waals surface area (Å²) in [6, 6.07) is 16.6. The van der Waals surface area contributed by atoms with Crippen LogP contribution in [0, 0.1) is 5.92 Å². The van der Waals surface area contributed by atoms with E-state index in [9.17, 15) is 9.59 Å². The lowest BCUT2D eigenvalue weighted by Crippen LogP contribution is -2.42. The first kappa shape index (κ1) is 21.4. The van der Waals surface area contributed by atoms with Gasteiger partial charge in [-0.05, 0) is 18.1 Å². The maximum absolute atomic E-state index is 12.6. The van der Waals surface area contributed by atoms with Crippen molar-refractivity contribution in [2.24, 2.45) is 11.7 Å². The van der Waals surface area contributed by atoms with Crippen LogP contribution in [0.2, 0.25) is 0 Å². The Morgan fingerprint density at radius 1 is 1.10 bits per heavy atom. The highest BCUT2D eigenvalue weighted by Crippen LogP contribution is 2.36. The summed E-state index contributed by atoms with van der Waals surface area (Å²) in [5, 5.41) is 2.23. The predicted molar refractivity (Wildman–Crippen MR) is 118 cm³/mol. The van der Waals surface area contributed by atoms with E-state index in [0.29, 0.717) is 10.9 Å². The summed E-state index contributed by atoms with van der Waals surface area (Å²) >= 11 is 1.28. The SMILES string of the molecule is COc1ccccc1-n1c(-c2ccccc2)cnc1S[C@@H](C(=O)NC(N)=O)C(C)C. The second-order valence-corrected chi connectivity index (χ2v) is 8.04. The van der Waals surface area contributed by atoms with Gasteiger partial charge in [0.15, 0.2) is 5.16 Å². The molecule has 3 amide bonds. The van der Waals surface area contributed by atoms with Crippen LogP contribution in [0.25, 0.3) is 16.9 Å². The molecule has 0 aliphatic rings. The first-order valence-corrected chi connectivity index (χ1v) is 10.3. The number of imide groups is 1. The number of hydrogen-bond donors (Lipinski definition) is 2. The Balaban J connectivity index is 2.12. The van der Waals surface area contributed by atoms with Gasteiger partial charge in [-0.25, -0.2) is 9.78 Å². The largest absolute Gasteiger partial charge is 0.495 e. The molecule has 3 N–H and O–H groups in total. The molecule has 0 aliphatic heterocycles. The van der Waals surface area contributed by atoms with E-state index in [4.69, 9.17) is 10.5 Å². The van der Waals surface area contributed by atoms with Gasteiger partial charge < -0.3 is 10.5 Å². The first-order valence-electron chi connectivity index (χ1n) is 9.46. The Morgan fingerprint density at radius 2 is 1.77 bits per heavy atom. The molecule has 156 valence electrons. The average Bonchev–Trinajstić information content (AvgIpc) is 3.15. The van der Waals surface area contributed by atoms with Crippen LogP contribution in [-0.2, 0) is 4.79 Å². The summed E-state index contributed by atoms with van der Waals surface area (Å²) < 4.78 is 7.53. The van der Waals surface area contributed by atoms with Crippen molar-refractivity contribution in [3.05, 3.63) is 60.8 Å². The highest BCUT2D eigenvalue weighted by Gasteiger charge is 2.28. The number of primary amides is 1. The number of aromatic nitrogens is 2. The molecule has 3 aromatic rings. The van der Waals surface area contributed by atoms with Gasteiger partial charge in [-0.1, -0.05) is 68.1 Å². The Bertz CT molecular complexity index is 1030. The molecule has 7 nitrogen and oxygen atoms in total. The first-order chi connectivity index (χ1) is 14.4. The smallest absolute Gasteiger partial charge is 0.318 e. The van der Waals surface area contributed by atoms with Gasteiger partial charge >= 0.3 is 6.03 Å². The summed E-state index contributed by atoms with van der Waals surface area (Å²) in [5.74, 6) is 0.174. The Morgan fingerprint density at radius 3 is 2.40 bits per heavy atom. The van der Waals surface area contributed by atoms with Gasteiger partial charge in [-0.3, -0.25) is 14.7 Å². The number of methoxy groups -OCH3 is 1. The molecular weight excluding hydrogens is 400 g/mol. The fraction of sp³-hybridized carbons (Fsp3) is 0.227. The van der Waals surface area contributed by atoms with E-state index in [1.165, 1.54) is 11.8 Å². The van der Waals surface area contributed by atoms with Crippen molar-refractivity contribution < 1.29 is 14.3 Å². The Hall–Kier alpha value is -3.26. The highest BCUT2D eigenvalue weighted by molar-refractivity contribution is 8.00. The van der Waals surface area contributed by atoms with Crippen LogP contribution in [0.15, 0.2) is 66.0 Å². The van der Waals surface area contributed by atoms with Crippen LogP contribution in [-0.4, -0.2) is 33.8 Å². The number of rotatable bonds is 7. The van der Waals surface area contributed by atoms with Gasteiger partial charge in [0, 0.05) is 5.56 Å². The summed E-state index contributed by atoms with van der Waals surface area (Å²) in [7, 11) is 1.61. The fourth-order valence-electron chi connectivity index (χ4n) is 3.08. The van der Waals surface area contributed by atoms with Crippen LogP contribution in [0.1, 0.15) is 13.8 Å². The standard InChI is InChI=1S/C22H24N4O3S/c1-14(2)19(20(27)25-21(23)28)30-22-24-13-17(15-9-5-4-6-10-15)26(22)16-11-7-8-12-18(16)29-3/h4-14,19H,1-3H3,(H3,23,25,27,28)/t19-/m1/s1. The van der Waals surface area contributed by atoms with Gasteiger partial charge in [-0.15, -0.1) is 0 Å². The van der Waals surface area contributed by atoms with Crippen molar-refractivity contribution in [1.29, 1.82) is 0 Å². The number of nitrogens with zero attached hydrogens (tertiary/aromatic N) is 2. The van der Waals surface area contributed by atoms with Crippen molar-refractivity contribution in [2.75, 3.05) is 7.11 Å². The number of benzene rings is 2. The molecule has 8 heteroatoms. The van der Waals surface area contributed by atoms with E-state index in [1.54, 1.807) is 13.3 Å². The average molecular weight is 425 g/mol. The van der Waals surface area contributed by atoms with Crippen LogP contribution in [0.4, 0.5) is 4.79 Å². The normalized spacial score (nSPS) is 11.9.